The van der Waals surface area contributed by atoms with Gasteiger partial charge in [-0.1, -0.05) is 18.2 Å². The first-order chi connectivity index (χ1) is 9.56. The van der Waals surface area contributed by atoms with Crippen LogP contribution in [0, 0.1) is 13.7 Å². The lowest BCUT2D eigenvalue weighted by atomic mass is 10.1. The summed E-state index contributed by atoms with van der Waals surface area (Å²) >= 11 is 2.17. The molecule has 0 atom stereocenters. The fraction of sp³-hybridized carbons (Fsp3) is 0. The molecule has 2 aromatic carbocycles. The van der Waals surface area contributed by atoms with Crippen molar-refractivity contribution >= 4 is 40.1 Å². The quantitative estimate of drug-likeness (QED) is 0.264. The van der Waals surface area contributed by atoms with Crippen LogP contribution in [0.25, 0.3) is 6.08 Å². The number of halogens is 1. The van der Waals surface area contributed by atoms with E-state index in [-0.39, 0.29) is 11.5 Å². The van der Waals surface area contributed by atoms with E-state index in [2.05, 4.69) is 22.6 Å². The Hall–Kier alpha value is -2.02. The molecule has 2 rings (SSSR count). The molecule has 0 unspecified atom stereocenters. The molecule has 0 radical (unpaired) electrons. The average Bonchev–Trinajstić information content (AvgIpc) is 2.46. The predicted molar refractivity (Wildman–Crippen MR) is 85.6 cm³/mol. The van der Waals surface area contributed by atoms with Gasteiger partial charge in [0.2, 0.25) is 0 Å². The minimum absolute atomic E-state index is 0.0334. The van der Waals surface area contributed by atoms with E-state index in [1.165, 1.54) is 18.2 Å². The molecular formula is C15H10INO3. The molecular weight excluding hydrogens is 369 g/mol. The molecule has 2 aromatic rings. The summed E-state index contributed by atoms with van der Waals surface area (Å²) in [6.45, 7) is 0. The van der Waals surface area contributed by atoms with Gasteiger partial charge in [0.05, 0.1) is 4.92 Å². The van der Waals surface area contributed by atoms with Gasteiger partial charge in [0.1, 0.15) is 0 Å². The Morgan fingerprint density at radius 3 is 2.20 bits per heavy atom. The van der Waals surface area contributed by atoms with E-state index < -0.39 is 4.92 Å². The Morgan fingerprint density at radius 1 is 1.05 bits per heavy atom. The minimum atomic E-state index is -0.454. The Bertz CT molecular complexity index is 661. The number of hydrogen-bond acceptors (Lipinski definition) is 3. The number of benzene rings is 2. The Balaban J connectivity index is 2.10. The molecule has 0 aliphatic carbocycles. The number of carbonyl (C=O) groups excluding carboxylic acids is 1. The fourth-order valence-electron chi connectivity index (χ4n) is 1.59. The van der Waals surface area contributed by atoms with Gasteiger partial charge in [-0.15, -0.1) is 0 Å². The summed E-state index contributed by atoms with van der Waals surface area (Å²) in [7, 11) is 0. The van der Waals surface area contributed by atoms with Crippen LogP contribution in [0.4, 0.5) is 5.69 Å². The van der Waals surface area contributed by atoms with E-state index in [0.29, 0.717) is 5.56 Å². The highest BCUT2D eigenvalue weighted by Gasteiger charge is 2.03. The summed E-state index contributed by atoms with van der Waals surface area (Å²) in [6.07, 6.45) is 3.10. The molecule has 0 amide bonds. The number of ketones is 1. The predicted octanol–water partition coefficient (Wildman–Crippen LogP) is 4.10. The molecule has 0 aromatic heterocycles. The van der Waals surface area contributed by atoms with E-state index in [9.17, 15) is 14.9 Å². The number of nitro benzene ring substituents is 1. The van der Waals surface area contributed by atoms with Crippen LogP contribution < -0.4 is 0 Å². The first kappa shape index (κ1) is 14.4. The molecule has 20 heavy (non-hydrogen) atoms. The number of hydrogen-bond donors (Lipinski definition) is 0. The molecule has 0 fully saturated rings. The smallest absolute Gasteiger partial charge is 0.269 e. The highest BCUT2D eigenvalue weighted by molar-refractivity contribution is 14.1. The molecule has 4 nitrogen and oxygen atoms in total. The van der Waals surface area contributed by atoms with Crippen LogP contribution in [-0.4, -0.2) is 10.7 Å². The second kappa shape index (κ2) is 6.42. The molecule has 0 N–H and O–H groups in total. The molecule has 5 heteroatoms. The third-order valence-corrected chi connectivity index (χ3v) is 3.38. The minimum Gasteiger partial charge on any atom is -0.289 e. The standard InChI is InChI=1S/C15H10INO3/c16-13-6-4-12(5-7-13)15(18)10-3-11-1-8-14(9-2-11)17(19)20/h1-10H/b10-3+. The lowest BCUT2D eigenvalue weighted by Gasteiger charge is -1.96. The van der Waals surface area contributed by atoms with Crippen LogP contribution in [0.1, 0.15) is 15.9 Å². The van der Waals surface area contributed by atoms with Gasteiger partial charge in [-0.25, -0.2) is 0 Å². The molecule has 0 aliphatic rings. The number of carbonyl (C=O) groups is 1. The Morgan fingerprint density at radius 2 is 1.65 bits per heavy atom. The van der Waals surface area contributed by atoms with Gasteiger partial charge in [0, 0.05) is 21.3 Å². The number of nitro groups is 1. The summed E-state index contributed by atoms with van der Waals surface area (Å²) in [5, 5.41) is 10.5. The summed E-state index contributed by atoms with van der Waals surface area (Å²) in [5.41, 5.74) is 1.39. The zero-order chi connectivity index (χ0) is 14.5. The third-order valence-electron chi connectivity index (χ3n) is 2.66. The fourth-order valence-corrected chi connectivity index (χ4v) is 1.95. The summed E-state index contributed by atoms with van der Waals surface area (Å²) in [5.74, 6) is -0.0975. The van der Waals surface area contributed by atoms with Gasteiger partial charge in [-0.2, -0.15) is 0 Å². The van der Waals surface area contributed by atoms with E-state index in [1.807, 2.05) is 12.1 Å². The second-order valence-corrected chi connectivity index (χ2v) is 5.30. The lowest BCUT2D eigenvalue weighted by molar-refractivity contribution is -0.384. The maximum absolute atomic E-state index is 11.9. The van der Waals surface area contributed by atoms with Gasteiger partial charge < -0.3 is 0 Å². The first-order valence-corrected chi connectivity index (χ1v) is 6.86. The molecule has 0 aliphatic heterocycles. The van der Waals surface area contributed by atoms with Crippen molar-refractivity contribution in [2.75, 3.05) is 0 Å². The SMILES string of the molecule is O=C(/C=C/c1ccc([N+](=O)[O-])cc1)c1ccc(I)cc1. The molecule has 0 bridgehead atoms. The van der Waals surface area contributed by atoms with Crippen molar-refractivity contribution in [2.24, 2.45) is 0 Å². The normalized spacial score (nSPS) is 10.7. The van der Waals surface area contributed by atoms with Gasteiger partial charge in [-0.05, 0) is 58.5 Å². The topological polar surface area (TPSA) is 60.2 Å². The first-order valence-electron chi connectivity index (χ1n) is 5.79. The summed E-state index contributed by atoms with van der Waals surface area (Å²) in [6, 6.07) is 13.3. The van der Waals surface area contributed by atoms with Crippen molar-refractivity contribution < 1.29 is 9.72 Å². The van der Waals surface area contributed by atoms with Crippen molar-refractivity contribution in [1.29, 1.82) is 0 Å². The van der Waals surface area contributed by atoms with Crippen LogP contribution in [0.3, 0.4) is 0 Å². The highest BCUT2D eigenvalue weighted by atomic mass is 127. The van der Waals surface area contributed by atoms with Crippen molar-refractivity contribution in [3.05, 3.63) is 79.4 Å². The number of nitrogens with zero attached hydrogens (tertiary/aromatic N) is 1. The van der Waals surface area contributed by atoms with Crippen LogP contribution >= 0.6 is 22.6 Å². The van der Waals surface area contributed by atoms with Gasteiger partial charge in [0.25, 0.3) is 5.69 Å². The molecule has 0 saturated carbocycles. The zero-order valence-corrected chi connectivity index (χ0v) is 12.5. The summed E-state index contributed by atoms with van der Waals surface area (Å²) in [4.78, 5) is 22.0. The van der Waals surface area contributed by atoms with Crippen LogP contribution in [0.15, 0.2) is 54.6 Å². The number of allylic oxidation sites excluding steroid dienone is 1. The molecule has 0 saturated heterocycles. The van der Waals surface area contributed by atoms with Crippen molar-refractivity contribution in [2.45, 2.75) is 0 Å². The van der Waals surface area contributed by atoms with Crippen LogP contribution in [0.5, 0.6) is 0 Å². The average molecular weight is 379 g/mol. The Labute approximate surface area is 129 Å². The van der Waals surface area contributed by atoms with Crippen molar-refractivity contribution in [3.8, 4) is 0 Å². The van der Waals surface area contributed by atoms with Gasteiger partial charge in [0.15, 0.2) is 5.78 Å². The van der Waals surface area contributed by atoms with Gasteiger partial charge >= 0.3 is 0 Å². The maximum atomic E-state index is 11.9. The lowest BCUT2D eigenvalue weighted by Crippen LogP contribution is -1.93. The number of non-ortho nitro benzene ring substituents is 1. The van der Waals surface area contributed by atoms with E-state index in [1.54, 1.807) is 30.3 Å². The third kappa shape index (κ3) is 3.74. The van der Waals surface area contributed by atoms with E-state index in [0.717, 1.165) is 9.13 Å². The number of rotatable bonds is 4. The second-order valence-electron chi connectivity index (χ2n) is 4.05. The van der Waals surface area contributed by atoms with Gasteiger partial charge in [-0.3, -0.25) is 14.9 Å². The monoisotopic (exact) mass is 379 g/mol. The van der Waals surface area contributed by atoms with Crippen LogP contribution in [0.2, 0.25) is 0 Å². The van der Waals surface area contributed by atoms with Crippen molar-refractivity contribution in [3.63, 3.8) is 0 Å². The highest BCUT2D eigenvalue weighted by Crippen LogP contribution is 2.13. The van der Waals surface area contributed by atoms with Crippen molar-refractivity contribution in [1.82, 2.24) is 0 Å². The van der Waals surface area contributed by atoms with E-state index >= 15 is 0 Å². The van der Waals surface area contributed by atoms with Crippen LogP contribution in [-0.2, 0) is 0 Å². The summed E-state index contributed by atoms with van der Waals surface area (Å²) < 4.78 is 1.07. The largest absolute Gasteiger partial charge is 0.289 e. The van der Waals surface area contributed by atoms with E-state index in [4.69, 9.17) is 0 Å². The molecule has 0 spiro atoms. The maximum Gasteiger partial charge on any atom is 0.269 e. The Kier molecular flexibility index (Phi) is 4.62. The molecule has 0 heterocycles. The zero-order valence-electron chi connectivity index (χ0n) is 10.3. The molecule has 100 valence electrons.